The van der Waals surface area contributed by atoms with Crippen LogP contribution < -0.4 is 19.5 Å². The van der Waals surface area contributed by atoms with E-state index in [1.165, 1.54) is 16.2 Å². The van der Waals surface area contributed by atoms with Crippen LogP contribution in [0, 0.1) is 12.8 Å². The molecule has 5 atom stereocenters. The van der Waals surface area contributed by atoms with Gasteiger partial charge in [-0.2, -0.15) is 0 Å². The largest absolute Gasteiger partial charge is 0.496 e. The number of hydrogen-bond acceptors (Lipinski definition) is 11. The molecule has 0 unspecified atom stereocenters. The number of sulfonamides is 1. The number of carbonyl (C=O) groups is 3. The number of pyridine rings is 1. The second-order valence-corrected chi connectivity index (χ2v) is 19.2. The van der Waals surface area contributed by atoms with Crippen LogP contribution in [-0.2, 0) is 35.6 Å². The van der Waals surface area contributed by atoms with Gasteiger partial charge in [0, 0.05) is 47.8 Å². The van der Waals surface area contributed by atoms with E-state index < -0.39 is 56.8 Å². The number of methoxy groups -OCH3 is 1. The number of nitrogens with zero attached hydrogens (tertiary/aromatic N) is 3. The number of thiazole rings is 1. The SMILES string of the molecule is COc1ccc2c(O[C@@H]3C[C@H]4C(=O)N[C@]5(C(=O)NS(=O)(=O)C6CC6)C[C@H]5/C=C\CCCCO[C@H](Cc5ccccc5)C(=O)N4C3)cc(-c3nc(C(C)C)cs3)nc2c1C. The zero-order valence-electron chi connectivity index (χ0n) is 33.8. The first kappa shape index (κ1) is 40.9. The fourth-order valence-corrected chi connectivity index (χ4v) is 10.4. The molecule has 0 bridgehead atoms. The summed E-state index contributed by atoms with van der Waals surface area (Å²) in [4.78, 5) is 54.7. The van der Waals surface area contributed by atoms with Crippen LogP contribution in [-0.4, -0.2) is 90.3 Å². The minimum absolute atomic E-state index is 0.0627. The van der Waals surface area contributed by atoms with Crippen molar-refractivity contribution >= 4 is 50.0 Å². The van der Waals surface area contributed by atoms with Gasteiger partial charge in [0.05, 0.1) is 30.1 Å². The summed E-state index contributed by atoms with van der Waals surface area (Å²) >= 11 is 1.50. The highest BCUT2D eigenvalue weighted by Gasteiger charge is 2.62. The van der Waals surface area contributed by atoms with Crippen LogP contribution in [0.2, 0.25) is 0 Å². The van der Waals surface area contributed by atoms with Crippen LogP contribution in [0.15, 0.2) is 66.1 Å². The Hall–Kier alpha value is -4.86. The summed E-state index contributed by atoms with van der Waals surface area (Å²) in [6.45, 7) is 6.52. The average molecular weight is 842 g/mol. The van der Waals surface area contributed by atoms with E-state index in [-0.39, 0.29) is 31.2 Å². The van der Waals surface area contributed by atoms with Gasteiger partial charge in [0.25, 0.3) is 11.8 Å². The van der Waals surface area contributed by atoms with E-state index in [1.807, 2.05) is 73.0 Å². The van der Waals surface area contributed by atoms with Crippen LogP contribution in [0.3, 0.4) is 0 Å². The van der Waals surface area contributed by atoms with E-state index in [0.29, 0.717) is 61.4 Å². The molecule has 2 saturated carbocycles. The number of aromatic nitrogens is 2. The van der Waals surface area contributed by atoms with E-state index in [0.717, 1.165) is 33.6 Å². The highest BCUT2D eigenvalue weighted by atomic mass is 32.2. The van der Waals surface area contributed by atoms with Gasteiger partial charge in [-0.15, -0.1) is 11.3 Å². The lowest BCUT2D eigenvalue weighted by Gasteiger charge is -2.29. The predicted octanol–water partition coefficient (Wildman–Crippen LogP) is 6.00. The zero-order chi connectivity index (χ0) is 41.5. The van der Waals surface area contributed by atoms with Crippen LogP contribution in [0.4, 0.5) is 0 Å². The van der Waals surface area contributed by atoms with E-state index in [4.69, 9.17) is 24.2 Å². The molecule has 2 N–H and O–H groups in total. The lowest BCUT2D eigenvalue weighted by atomic mass is 10.1. The average Bonchev–Trinajstić information content (AvgIpc) is 4.09. The first-order chi connectivity index (χ1) is 28.4. The van der Waals surface area contributed by atoms with Crippen molar-refractivity contribution in [1.82, 2.24) is 24.9 Å². The molecule has 4 aliphatic rings. The molecule has 4 aromatic rings. The Labute approximate surface area is 349 Å². The number of carbonyl (C=O) groups excluding carboxylic acids is 3. The quantitative estimate of drug-likeness (QED) is 0.181. The maximum absolute atomic E-state index is 14.8. The van der Waals surface area contributed by atoms with Gasteiger partial charge in [-0.1, -0.05) is 56.3 Å². The molecule has 59 heavy (non-hydrogen) atoms. The van der Waals surface area contributed by atoms with Gasteiger partial charge in [0.1, 0.15) is 46.0 Å². The second-order valence-electron chi connectivity index (χ2n) is 16.4. The molecular weight excluding hydrogens is 791 g/mol. The first-order valence-electron chi connectivity index (χ1n) is 20.5. The summed E-state index contributed by atoms with van der Waals surface area (Å²) in [5.74, 6) is -0.661. The van der Waals surface area contributed by atoms with Crippen molar-refractivity contribution in [3.63, 3.8) is 0 Å². The van der Waals surface area contributed by atoms with Gasteiger partial charge in [-0.25, -0.2) is 18.4 Å². The number of amides is 3. The van der Waals surface area contributed by atoms with E-state index >= 15 is 0 Å². The fraction of sp³-hybridized carbons (Fsp3) is 0.477. The third-order valence-corrected chi connectivity index (χ3v) is 14.5. The summed E-state index contributed by atoms with van der Waals surface area (Å²) in [7, 11) is -2.27. The van der Waals surface area contributed by atoms with Crippen molar-refractivity contribution in [2.75, 3.05) is 20.3 Å². The number of fused-ring (bicyclic) bond motifs is 3. The number of benzene rings is 2. The Morgan fingerprint density at radius 3 is 2.63 bits per heavy atom. The molecule has 3 amide bonds. The molecule has 3 fully saturated rings. The van der Waals surface area contributed by atoms with E-state index in [9.17, 15) is 22.8 Å². The molecule has 0 spiro atoms. The van der Waals surface area contributed by atoms with Gasteiger partial charge in [-0.05, 0) is 69.1 Å². The third kappa shape index (κ3) is 8.60. The Morgan fingerprint density at radius 1 is 1.10 bits per heavy atom. The van der Waals surface area contributed by atoms with Crippen molar-refractivity contribution in [3.05, 3.63) is 82.9 Å². The number of rotatable bonds is 10. The van der Waals surface area contributed by atoms with Crippen molar-refractivity contribution in [1.29, 1.82) is 0 Å². The van der Waals surface area contributed by atoms with E-state index in [2.05, 4.69) is 23.9 Å². The molecule has 13 nitrogen and oxygen atoms in total. The molecule has 15 heteroatoms. The highest BCUT2D eigenvalue weighted by molar-refractivity contribution is 7.91. The minimum atomic E-state index is -3.88. The predicted molar refractivity (Wildman–Crippen MR) is 225 cm³/mol. The second kappa shape index (κ2) is 16.7. The normalized spacial score (nSPS) is 25.7. The zero-order valence-corrected chi connectivity index (χ0v) is 35.4. The van der Waals surface area contributed by atoms with E-state index in [1.54, 1.807) is 7.11 Å². The number of hydrogen-bond donors (Lipinski definition) is 2. The molecule has 1 saturated heterocycles. The molecule has 2 aliphatic heterocycles. The Morgan fingerprint density at radius 2 is 1.90 bits per heavy atom. The lowest BCUT2D eigenvalue weighted by Crippen LogP contribution is -2.57. The number of ether oxygens (including phenoxy) is 3. The molecule has 2 aromatic carbocycles. The van der Waals surface area contributed by atoms with Gasteiger partial charge in [0.2, 0.25) is 15.9 Å². The van der Waals surface area contributed by atoms with Gasteiger partial charge in [0.15, 0.2) is 0 Å². The van der Waals surface area contributed by atoms with Gasteiger partial charge < -0.3 is 24.4 Å². The topological polar surface area (TPSA) is 166 Å². The smallest absolute Gasteiger partial charge is 0.259 e. The van der Waals surface area contributed by atoms with Crippen LogP contribution >= 0.6 is 11.3 Å². The molecule has 2 aromatic heterocycles. The van der Waals surface area contributed by atoms with Crippen molar-refractivity contribution in [2.24, 2.45) is 5.92 Å². The number of aryl methyl sites for hydroxylation is 1. The summed E-state index contributed by atoms with van der Waals surface area (Å²) in [6.07, 6.45) is 6.14. The third-order valence-electron chi connectivity index (χ3n) is 11.8. The lowest BCUT2D eigenvalue weighted by molar-refractivity contribution is -0.148. The maximum Gasteiger partial charge on any atom is 0.259 e. The minimum Gasteiger partial charge on any atom is -0.496 e. The summed E-state index contributed by atoms with van der Waals surface area (Å²) in [5.41, 5.74) is 2.53. The fourth-order valence-electron chi connectivity index (χ4n) is 8.08. The first-order valence-corrected chi connectivity index (χ1v) is 22.9. The number of nitrogens with one attached hydrogen (secondary N) is 2. The molecular formula is C44H51N5O8S2. The molecule has 0 radical (unpaired) electrons. The maximum atomic E-state index is 14.8. The molecule has 4 heterocycles. The van der Waals surface area contributed by atoms with Crippen molar-refractivity contribution in [2.45, 2.75) is 107 Å². The van der Waals surface area contributed by atoms with Crippen LogP contribution in [0.25, 0.3) is 21.6 Å². The molecule has 312 valence electrons. The van der Waals surface area contributed by atoms with Gasteiger partial charge >= 0.3 is 0 Å². The monoisotopic (exact) mass is 841 g/mol. The molecule has 8 rings (SSSR count). The molecule has 2 aliphatic carbocycles. The Balaban J connectivity index is 1.15. The van der Waals surface area contributed by atoms with Gasteiger partial charge in [-0.3, -0.25) is 19.1 Å². The Kier molecular flexibility index (Phi) is 11.5. The summed E-state index contributed by atoms with van der Waals surface area (Å²) in [6, 6.07) is 14.2. The number of allylic oxidation sites excluding steroid dienone is 1. The van der Waals surface area contributed by atoms with Crippen LogP contribution in [0.5, 0.6) is 11.5 Å². The van der Waals surface area contributed by atoms with Crippen molar-refractivity contribution < 1.29 is 37.0 Å². The van der Waals surface area contributed by atoms with Crippen LogP contribution in [0.1, 0.15) is 81.5 Å². The standard InChI is InChI=1S/C44H51N5O8S2/c1-26(2)34-25-58-41(46-34)33-22-37(32-17-18-36(55-4)27(3)39(32)45-33)57-30-21-35-40(50)47-44(43(52)48-59(53,54)31-15-16-31)23-29(44)14-10-5-6-11-19-56-38(42(51)49(35)24-30)20-28-12-8-7-9-13-28/h7-10,12-14,17-18,22,25-26,29-31,35,38H,5-6,11,15-16,19-21,23-24H2,1-4H3,(H,47,50)(H,48,52)/b14-10-/t29-,30-,35+,38-,44-/m1/s1. The Bertz CT molecular complexity index is 2380. The highest BCUT2D eigenvalue weighted by Crippen LogP contribution is 2.46. The summed E-state index contributed by atoms with van der Waals surface area (Å²) < 4.78 is 47.0. The summed E-state index contributed by atoms with van der Waals surface area (Å²) in [5, 5.41) is 5.85. The van der Waals surface area contributed by atoms with Crippen molar-refractivity contribution in [3.8, 4) is 22.2 Å².